The second-order valence-electron chi connectivity index (χ2n) is 6.44. The lowest BCUT2D eigenvalue weighted by Gasteiger charge is -2.35. The van der Waals surface area contributed by atoms with Crippen LogP contribution >= 0.6 is 15.9 Å². The van der Waals surface area contributed by atoms with Gasteiger partial charge in [0.15, 0.2) is 0 Å². The Bertz CT molecular complexity index is 404. The molecule has 0 saturated heterocycles. The van der Waals surface area contributed by atoms with Crippen molar-refractivity contribution in [2.75, 3.05) is 13.1 Å². The fourth-order valence-electron chi connectivity index (χ4n) is 3.49. The van der Waals surface area contributed by atoms with E-state index in [9.17, 15) is 0 Å². The summed E-state index contributed by atoms with van der Waals surface area (Å²) in [6.07, 6.45) is 6.65. The highest BCUT2D eigenvalue weighted by Crippen LogP contribution is 2.36. The molecule has 0 aliphatic heterocycles. The van der Waals surface area contributed by atoms with Crippen molar-refractivity contribution in [1.29, 1.82) is 0 Å². The van der Waals surface area contributed by atoms with E-state index in [2.05, 4.69) is 59.4 Å². The van der Waals surface area contributed by atoms with Crippen LogP contribution in [0.3, 0.4) is 0 Å². The monoisotopic (exact) mass is 337 g/mol. The summed E-state index contributed by atoms with van der Waals surface area (Å²) in [6, 6.07) is 8.72. The third-order valence-corrected chi connectivity index (χ3v) is 5.45. The molecule has 1 saturated carbocycles. The van der Waals surface area contributed by atoms with E-state index in [0.29, 0.717) is 0 Å². The Morgan fingerprint density at radius 1 is 1.20 bits per heavy atom. The van der Waals surface area contributed by atoms with Crippen LogP contribution in [-0.2, 0) is 6.42 Å². The molecule has 0 radical (unpaired) electrons. The number of nitrogens with one attached hydrogen (secondary N) is 1. The Hall–Kier alpha value is -0.340. The minimum atomic E-state index is 0.835. The van der Waals surface area contributed by atoms with E-state index in [-0.39, 0.29) is 0 Å². The van der Waals surface area contributed by atoms with Crippen LogP contribution in [0.1, 0.15) is 45.1 Å². The molecule has 0 heterocycles. The van der Waals surface area contributed by atoms with Crippen molar-refractivity contribution in [3.8, 4) is 0 Å². The first-order valence-electron chi connectivity index (χ1n) is 8.14. The Kier molecular flexibility index (Phi) is 6.57. The second-order valence-corrected chi connectivity index (χ2v) is 7.29. The molecule has 20 heavy (non-hydrogen) atoms. The van der Waals surface area contributed by atoms with Crippen molar-refractivity contribution in [3.63, 3.8) is 0 Å². The zero-order chi connectivity index (χ0) is 14.4. The lowest BCUT2D eigenvalue weighted by atomic mass is 9.72. The highest BCUT2D eigenvalue weighted by atomic mass is 79.9. The van der Waals surface area contributed by atoms with Crippen molar-refractivity contribution in [2.24, 2.45) is 17.8 Å². The molecule has 3 unspecified atom stereocenters. The zero-order valence-corrected chi connectivity index (χ0v) is 14.5. The largest absolute Gasteiger partial charge is 0.316 e. The van der Waals surface area contributed by atoms with Crippen LogP contribution in [0.25, 0.3) is 0 Å². The van der Waals surface area contributed by atoms with E-state index in [4.69, 9.17) is 0 Å². The Balaban J connectivity index is 1.98. The van der Waals surface area contributed by atoms with Gasteiger partial charge in [0, 0.05) is 4.47 Å². The molecule has 1 fully saturated rings. The van der Waals surface area contributed by atoms with Gasteiger partial charge in [-0.3, -0.25) is 0 Å². The number of hydrogen-bond donors (Lipinski definition) is 1. The van der Waals surface area contributed by atoms with Gasteiger partial charge in [-0.2, -0.15) is 0 Å². The molecule has 1 N–H and O–H groups in total. The van der Waals surface area contributed by atoms with E-state index < -0.39 is 0 Å². The first kappa shape index (κ1) is 16.0. The van der Waals surface area contributed by atoms with Gasteiger partial charge in [-0.25, -0.2) is 0 Å². The van der Waals surface area contributed by atoms with Crippen LogP contribution in [0, 0.1) is 17.8 Å². The predicted molar refractivity (Wildman–Crippen MR) is 91.0 cm³/mol. The van der Waals surface area contributed by atoms with Gasteiger partial charge < -0.3 is 5.32 Å². The second kappa shape index (κ2) is 8.19. The van der Waals surface area contributed by atoms with Crippen LogP contribution in [0.5, 0.6) is 0 Å². The van der Waals surface area contributed by atoms with Crippen LogP contribution in [-0.4, -0.2) is 13.1 Å². The van der Waals surface area contributed by atoms with Gasteiger partial charge in [0.25, 0.3) is 0 Å². The van der Waals surface area contributed by atoms with Gasteiger partial charge in [-0.15, -0.1) is 0 Å². The Morgan fingerprint density at radius 3 is 2.75 bits per heavy atom. The van der Waals surface area contributed by atoms with Crippen molar-refractivity contribution in [1.82, 2.24) is 5.32 Å². The van der Waals surface area contributed by atoms with Crippen molar-refractivity contribution < 1.29 is 0 Å². The van der Waals surface area contributed by atoms with E-state index in [1.54, 1.807) is 0 Å². The van der Waals surface area contributed by atoms with E-state index in [1.165, 1.54) is 48.7 Å². The molecule has 1 aliphatic carbocycles. The summed E-state index contributed by atoms with van der Waals surface area (Å²) in [5.74, 6) is 2.58. The maximum Gasteiger partial charge on any atom is 0.0207 e. The molecule has 2 rings (SSSR count). The summed E-state index contributed by atoms with van der Waals surface area (Å²) < 4.78 is 1.28. The Morgan fingerprint density at radius 2 is 2.00 bits per heavy atom. The smallest absolute Gasteiger partial charge is 0.0207 e. The molecule has 0 amide bonds. The normalized spacial score (nSPS) is 26.6. The number of rotatable bonds is 6. The van der Waals surface area contributed by atoms with Crippen molar-refractivity contribution in [3.05, 3.63) is 34.3 Å². The summed E-state index contributed by atoms with van der Waals surface area (Å²) in [5.41, 5.74) is 1.48. The fraction of sp³-hybridized carbons (Fsp3) is 0.667. The molecule has 0 spiro atoms. The van der Waals surface area contributed by atoms with E-state index >= 15 is 0 Å². The lowest BCUT2D eigenvalue weighted by molar-refractivity contribution is 0.183. The molecule has 2 heteroatoms. The molecule has 112 valence electrons. The number of benzene rings is 1. The maximum absolute atomic E-state index is 3.71. The van der Waals surface area contributed by atoms with Crippen LogP contribution < -0.4 is 5.32 Å². The van der Waals surface area contributed by atoms with Gasteiger partial charge >= 0.3 is 0 Å². The average molecular weight is 338 g/mol. The topological polar surface area (TPSA) is 12.0 Å². The molecule has 1 aromatic rings. The van der Waals surface area contributed by atoms with Gasteiger partial charge in [-0.05, 0) is 68.2 Å². The van der Waals surface area contributed by atoms with Crippen molar-refractivity contribution >= 4 is 15.9 Å². The average Bonchev–Trinajstić information content (AvgIpc) is 2.44. The molecular weight excluding hydrogens is 310 g/mol. The van der Waals surface area contributed by atoms with E-state index in [1.807, 2.05) is 0 Å². The predicted octanol–water partition coefficient (Wildman–Crippen LogP) is 5.04. The molecule has 1 aromatic carbocycles. The van der Waals surface area contributed by atoms with Gasteiger partial charge in [0.2, 0.25) is 0 Å². The minimum Gasteiger partial charge on any atom is -0.316 e. The molecular formula is C18H28BrN. The quantitative estimate of drug-likeness (QED) is 0.716. The number of halogens is 1. The summed E-state index contributed by atoms with van der Waals surface area (Å²) >= 11 is 3.71. The van der Waals surface area contributed by atoms with Gasteiger partial charge in [0.05, 0.1) is 0 Å². The van der Waals surface area contributed by atoms with Crippen molar-refractivity contribution in [2.45, 2.75) is 46.0 Å². The van der Waals surface area contributed by atoms with Crippen LogP contribution in [0.4, 0.5) is 0 Å². The Labute approximate surface area is 132 Å². The maximum atomic E-state index is 3.71. The SMILES string of the molecule is CCCNCC1CCC(C)CC1Cc1ccccc1Br. The van der Waals surface area contributed by atoms with Crippen LogP contribution in [0.15, 0.2) is 28.7 Å². The molecule has 1 aliphatic rings. The lowest BCUT2D eigenvalue weighted by Crippen LogP contribution is -2.34. The van der Waals surface area contributed by atoms with Crippen LogP contribution in [0.2, 0.25) is 0 Å². The highest BCUT2D eigenvalue weighted by molar-refractivity contribution is 9.10. The molecule has 3 atom stereocenters. The standard InChI is InChI=1S/C18H28BrN/c1-3-10-20-13-16-9-8-14(2)11-17(16)12-15-6-4-5-7-18(15)19/h4-7,14,16-17,20H,3,8-13H2,1-2H3. The third-order valence-electron chi connectivity index (χ3n) is 4.68. The summed E-state index contributed by atoms with van der Waals surface area (Å²) in [7, 11) is 0. The minimum absolute atomic E-state index is 0.835. The fourth-order valence-corrected chi connectivity index (χ4v) is 3.94. The third kappa shape index (κ3) is 4.60. The molecule has 0 aromatic heterocycles. The summed E-state index contributed by atoms with van der Waals surface area (Å²) in [6.45, 7) is 7.03. The summed E-state index contributed by atoms with van der Waals surface area (Å²) in [5, 5.41) is 3.64. The van der Waals surface area contributed by atoms with Gasteiger partial charge in [-0.1, -0.05) is 54.4 Å². The first-order valence-corrected chi connectivity index (χ1v) is 8.94. The molecule has 1 nitrogen and oxygen atoms in total. The van der Waals surface area contributed by atoms with E-state index in [0.717, 1.165) is 24.3 Å². The number of hydrogen-bond acceptors (Lipinski definition) is 1. The van der Waals surface area contributed by atoms with Gasteiger partial charge in [0.1, 0.15) is 0 Å². The summed E-state index contributed by atoms with van der Waals surface area (Å²) in [4.78, 5) is 0. The zero-order valence-electron chi connectivity index (χ0n) is 12.9. The highest BCUT2D eigenvalue weighted by Gasteiger charge is 2.28. The first-order chi connectivity index (χ1) is 9.70. The molecule has 0 bridgehead atoms.